The third-order valence-corrected chi connectivity index (χ3v) is 2.15. The zero-order valence-corrected chi connectivity index (χ0v) is 9.22. The van der Waals surface area contributed by atoms with Gasteiger partial charge in [0.1, 0.15) is 11.5 Å². The van der Waals surface area contributed by atoms with Gasteiger partial charge >= 0.3 is 0 Å². The van der Waals surface area contributed by atoms with Crippen molar-refractivity contribution in [1.82, 2.24) is 9.97 Å². The summed E-state index contributed by atoms with van der Waals surface area (Å²) in [6.07, 6.45) is 1.23. The van der Waals surface area contributed by atoms with Crippen molar-refractivity contribution >= 4 is 17.5 Å². The second-order valence-electron chi connectivity index (χ2n) is 3.38. The van der Waals surface area contributed by atoms with Gasteiger partial charge in [-0.2, -0.15) is 4.98 Å². The molecule has 9 heteroatoms. The van der Waals surface area contributed by atoms with Crippen LogP contribution in [0.2, 0.25) is 0 Å². The maximum absolute atomic E-state index is 13.4. The molecule has 5 nitrogen and oxygen atoms in total. The summed E-state index contributed by atoms with van der Waals surface area (Å²) in [5, 5.41) is 2.12. The predicted octanol–water partition coefficient (Wildman–Crippen LogP) is 2.06. The number of nitrogens with one attached hydrogen (secondary N) is 2. The molecule has 0 saturated heterocycles. The first-order chi connectivity index (χ1) is 9.02. The van der Waals surface area contributed by atoms with Gasteiger partial charge in [0.05, 0.1) is 0 Å². The van der Waals surface area contributed by atoms with Crippen LogP contribution in [0, 0.1) is 23.3 Å². The molecular formula is C10H7F4N5. The number of halogens is 4. The van der Waals surface area contributed by atoms with E-state index in [9.17, 15) is 17.6 Å². The lowest BCUT2D eigenvalue weighted by Crippen LogP contribution is -2.11. The average Bonchev–Trinajstić information content (AvgIpc) is 2.41. The lowest BCUT2D eigenvalue weighted by Gasteiger charge is -2.09. The fourth-order valence-corrected chi connectivity index (χ4v) is 1.31. The number of anilines is 3. The van der Waals surface area contributed by atoms with Gasteiger partial charge in [0, 0.05) is 12.3 Å². The Morgan fingerprint density at radius 1 is 1.05 bits per heavy atom. The van der Waals surface area contributed by atoms with Crippen molar-refractivity contribution in [2.45, 2.75) is 0 Å². The van der Waals surface area contributed by atoms with Crippen molar-refractivity contribution in [3.63, 3.8) is 0 Å². The van der Waals surface area contributed by atoms with Crippen LogP contribution >= 0.6 is 0 Å². The van der Waals surface area contributed by atoms with Crippen molar-refractivity contribution in [3.05, 3.63) is 41.6 Å². The molecular weight excluding hydrogens is 266 g/mol. The molecule has 19 heavy (non-hydrogen) atoms. The molecule has 0 fully saturated rings. The minimum atomic E-state index is -1.56. The molecule has 0 amide bonds. The van der Waals surface area contributed by atoms with Crippen molar-refractivity contribution in [2.24, 2.45) is 5.84 Å². The van der Waals surface area contributed by atoms with Crippen LogP contribution < -0.4 is 16.6 Å². The molecule has 1 aromatic carbocycles. The number of benzene rings is 1. The second kappa shape index (κ2) is 5.06. The highest BCUT2D eigenvalue weighted by Gasteiger charge is 2.19. The van der Waals surface area contributed by atoms with Crippen LogP contribution in [0.25, 0.3) is 0 Å². The molecule has 0 bridgehead atoms. The van der Waals surface area contributed by atoms with Crippen molar-refractivity contribution < 1.29 is 17.6 Å². The largest absolute Gasteiger partial charge is 0.335 e. The maximum atomic E-state index is 13.4. The standard InChI is InChI=1S/C10H7F4N5/c11-4-3-5(12)8(14)9(7(4)13)17-6-1-2-16-10(18-6)19-15/h1-3H,15H2,(H2,16,17,18,19). The molecule has 100 valence electrons. The molecule has 0 radical (unpaired) electrons. The molecule has 0 aliphatic rings. The maximum Gasteiger partial charge on any atom is 0.239 e. The fourth-order valence-electron chi connectivity index (χ4n) is 1.31. The van der Waals surface area contributed by atoms with Crippen molar-refractivity contribution in [1.29, 1.82) is 0 Å². The first kappa shape index (κ1) is 13.0. The van der Waals surface area contributed by atoms with Crippen molar-refractivity contribution in [2.75, 3.05) is 10.7 Å². The highest BCUT2D eigenvalue weighted by Crippen LogP contribution is 2.26. The number of nitrogens with zero attached hydrogens (tertiary/aromatic N) is 2. The summed E-state index contributed by atoms with van der Waals surface area (Å²) in [4.78, 5) is 7.35. The van der Waals surface area contributed by atoms with Gasteiger partial charge in [0.15, 0.2) is 23.3 Å². The van der Waals surface area contributed by atoms with E-state index in [1.54, 1.807) is 0 Å². The van der Waals surface area contributed by atoms with E-state index in [2.05, 4.69) is 20.7 Å². The number of hydrogen-bond donors (Lipinski definition) is 3. The van der Waals surface area contributed by atoms with Crippen LogP contribution in [0.1, 0.15) is 0 Å². The zero-order chi connectivity index (χ0) is 14.0. The molecule has 0 saturated carbocycles. The smallest absolute Gasteiger partial charge is 0.239 e. The van der Waals surface area contributed by atoms with Crippen LogP contribution in [0.15, 0.2) is 18.3 Å². The average molecular weight is 273 g/mol. The topological polar surface area (TPSA) is 75.9 Å². The van der Waals surface area contributed by atoms with E-state index in [1.165, 1.54) is 12.3 Å². The van der Waals surface area contributed by atoms with E-state index in [0.29, 0.717) is 0 Å². The number of hydrogen-bond acceptors (Lipinski definition) is 5. The van der Waals surface area contributed by atoms with Crippen LogP contribution in [-0.2, 0) is 0 Å². The van der Waals surface area contributed by atoms with Crippen LogP contribution in [-0.4, -0.2) is 9.97 Å². The molecule has 4 N–H and O–H groups in total. The molecule has 0 spiro atoms. The summed E-state index contributed by atoms with van der Waals surface area (Å²) in [5.41, 5.74) is 1.12. The molecule has 2 aromatic rings. The Hall–Kier alpha value is -2.42. The fraction of sp³-hybridized carbons (Fsp3) is 0. The summed E-state index contributed by atoms with van der Waals surface area (Å²) in [6, 6.07) is 1.35. The Labute approximate surface area is 104 Å². The molecule has 0 atom stereocenters. The molecule has 0 unspecified atom stereocenters. The second-order valence-corrected chi connectivity index (χ2v) is 3.38. The minimum Gasteiger partial charge on any atom is -0.335 e. The summed E-state index contributed by atoms with van der Waals surface area (Å²) in [6.45, 7) is 0. The number of hydrazine groups is 1. The van der Waals surface area contributed by atoms with Crippen LogP contribution in [0.3, 0.4) is 0 Å². The van der Waals surface area contributed by atoms with Gasteiger partial charge in [0.25, 0.3) is 0 Å². The van der Waals surface area contributed by atoms with Crippen LogP contribution in [0.4, 0.5) is 35.0 Å². The monoisotopic (exact) mass is 273 g/mol. The van der Waals surface area contributed by atoms with E-state index >= 15 is 0 Å². The van der Waals surface area contributed by atoms with Gasteiger partial charge in [-0.25, -0.2) is 28.4 Å². The first-order valence-electron chi connectivity index (χ1n) is 4.92. The summed E-state index contributed by atoms with van der Waals surface area (Å²) in [7, 11) is 0. The van der Waals surface area contributed by atoms with E-state index in [-0.39, 0.29) is 17.8 Å². The zero-order valence-electron chi connectivity index (χ0n) is 9.22. The quantitative estimate of drug-likeness (QED) is 0.345. The first-order valence-corrected chi connectivity index (χ1v) is 4.92. The Morgan fingerprint density at radius 3 is 2.26 bits per heavy atom. The highest BCUT2D eigenvalue weighted by atomic mass is 19.2. The predicted molar refractivity (Wildman–Crippen MR) is 59.4 cm³/mol. The number of aromatic nitrogens is 2. The van der Waals surface area contributed by atoms with E-state index in [0.717, 1.165) is 0 Å². The highest BCUT2D eigenvalue weighted by molar-refractivity contribution is 5.58. The third-order valence-electron chi connectivity index (χ3n) is 2.15. The number of nitrogen functional groups attached to an aromatic ring is 1. The minimum absolute atomic E-state index is 0.0392. The molecule has 2 rings (SSSR count). The molecule has 0 aliphatic heterocycles. The van der Waals surface area contributed by atoms with Crippen molar-refractivity contribution in [3.8, 4) is 0 Å². The summed E-state index contributed by atoms with van der Waals surface area (Å²) >= 11 is 0. The Morgan fingerprint density at radius 2 is 1.68 bits per heavy atom. The summed E-state index contributed by atoms with van der Waals surface area (Å²) < 4.78 is 52.7. The van der Waals surface area contributed by atoms with E-state index < -0.39 is 29.0 Å². The number of rotatable bonds is 3. The van der Waals surface area contributed by atoms with Gasteiger partial charge in [-0.15, -0.1) is 0 Å². The Bertz CT molecular complexity index is 593. The van der Waals surface area contributed by atoms with E-state index in [1.807, 2.05) is 0 Å². The summed E-state index contributed by atoms with van der Waals surface area (Å²) in [5.74, 6) is -1.23. The Balaban J connectivity index is 2.43. The number of nitrogens with two attached hydrogens (primary N) is 1. The molecule has 0 aliphatic carbocycles. The lowest BCUT2D eigenvalue weighted by atomic mass is 10.2. The normalized spacial score (nSPS) is 10.4. The molecule has 1 aromatic heterocycles. The SMILES string of the molecule is NNc1nccc(Nc2c(F)c(F)cc(F)c2F)n1. The Kier molecular flexibility index (Phi) is 3.47. The molecule has 1 heterocycles. The van der Waals surface area contributed by atoms with Gasteiger partial charge in [-0.05, 0) is 6.07 Å². The van der Waals surface area contributed by atoms with Gasteiger partial charge < -0.3 is 5.32 Å². The van der Waals surface area contributed by atoms with Gasteiger partial charge in [-0.1, -0.05) is 0 Å². The third kappa shape index (κ3) is 2.55. The lowest BCUT2D eigenvalue weighted by molar-refractivity contribution is 0.459. The van der Waals surface area contributed by atoms with E-state index in [4.69, 9.17) is 5.84 Å². The van der Waals surface area contributed by atoms with Crippen LogP contribution in [0.5, 0.6) is 0 Å². The van der Waals surface area contributed by atoms with Gasteiger partial charge in [-0.3, -0.25) is 5.43 Å². The van der Waals surface area contributed by atoms with Gasteiger partial charge in [0.2, 0.25) is 5.95 Å².